The maximum Gasteiger partial charge on any atom is 0.232 e. The second kappa shape index (κ2) is 13.4. The Bertz CT molecular complexity index is 852. The maximum absolute atomic E-state index is 13.2. The van der Waals surface area contributed by atoms with Gasteiger partial charge < -0.3 is 20.3 Å². The Kier molecular flexibility index (Phi) is 11.0. The second-order valence-corrected chi connectivity index (χ2v) is 8.05. The molecule has 0 radical (unpaired) electrons. The zero-order valence-electron chi connectivity index (χ0n) is 19.2. The Labute approximate surface area is 208 Å². The van der Waals surface area contributed by atoms with Crippen LogP contribution in [0.3, 0.4) is 0 Å². The van der Waals surface area contributed by atoms with E-state index in [1.54, 1.807) is 7.05 Å². The highest BCUT2D eigenvalue weighted by Gasteiger charge is 2.27. The molecule has 2 aromatic carbocycles. The molecular formula is C25H35IN4O2. The predicted octanol–water partition coefficient (Wildman–Crippen LogP) is 3.52. The molecule has 1 aliphatic heterocycles. The molecule has 0 aliphatic carbocycles. The van der Waals surface area contributed by atoms with E-state index in [2.05, 4.69) is 53.7 Å². The van der Waals surface area contributed by atoms with Gasteiger partial charge in [-0.3, -0.25) is 9.79 Å². The smallest absolute Gasteiger partial charge is 0.232 e. The lowest BCUT2D eigenvalue weighted by molar-refractivity contribution is -0.136. The number of hydrogen-bond donors (Lipinski definition) is 2. The molecule has 0 aromatic heterocycles. The van der Waals surface area contributed by atoms with Crippen LogP contribution in [0.5, 0.6) is 0 Å². The van der Waals surface area contributed by atoms with E-state index in [-0.39, 0.29) is 35.8 Å². The monoisotopic (exact) mass is 550 g/mol. The standard InChI is InChI=1S/C25H34N4O2.HI/c1-19-9-11-21(12-10-19)20(2)17-27-25(26-3)28-18-23(22-7-5-4-6-8-22)24(30)29-13-15-31-16-14-29;/h4-12,20,23H,13-18H2,1-3H3,(H2,26,27,28);1H. The molecule has 32 heavy (non-hydrogen) atoms. The molecule has 174 valence electrons. The van der Waals surface area contributed by atoms with Crippen LogP contribution in [0.4, 0.5) is 0 Å². The molecule has 7 heteroatoms. The Balaban J connectivity index is 0.00000363. The zero-order valence-corrected chi connectivity index (χ0v) is 21.5. The summed E-state index contributed by atoms with van der Waals surface area (Å²) in [6.07, 6.45) is 0. The van der Waals surface area contributed by atoms with Crippen molar-refractivity contribution in [3.63, 3.8) is 0 Å². The van der Waals surface area contributed by atoms with Crippen molar-refractivity contribution in [3.8, 4) is 0 Å². The summed E-state index contributed by atoms with van der Waals surface area (Å²) in [7, 11) is 1.76. The number of amides is 1. The largest absolute Gasteiger partial charge is 0.378 e. The molecule has 0 bridgehead atoms. The average Bonchev–Trinajstić information content (AvgIpc) is 2.82. The van der Waals surface area contributed by atoms with Gasteiger partial charge in [0.1, 0.15) is 0 Å². The number of morpholine rings is 1. The minimum absolute atomic E-state index is 0. The van der Waals surface area contributed by atoms with Gasteiger partial charge in [-0.15, -0.1) is 24.0 Å². The molecular weight excluding hydrogens is 515 g/mol. The van der Waals surface area contributed by atoms with Crippen molar-refractivity contribution in [2.45, 2.75) is 25.7 Å². The third-order valence-corrected chi connectivity index (χ3v) is 5.74. The third-order valence-electron chi connectivity index (χ3n) is 5.74. The fourth-order valence-electron chi connectivity index (χ4n) is 3.72. The number of nitrogens with zero attached hydrogens (tertiary/aromatic N) is 2. The summed E-state index contributed by atoms with van der Waals surface area (Å²) >= 11 is 0. The van der Waals surface area contributed by atoms with E-state index in [0.717, 1.165) is 12.1 Å². The first-order chi connectivity index (χ1) is 15.1. The van der Waals surface area contributed by atoms with Crippen molar-refractivity contribution >= 4 is 35.8 Å². The molecule has 2 aromatic rings. The van der Waals surface area contributed by atoms with Crippen LogP contribution < -0.4 is 10.6 Å². The molecule has 1 saturated heterocycles. The van der Waals surface area contributed by atoms with E-state index in [1.165, 1.54) is 11.1 Å². The summed E-state index contributed by atoms with van der Waals surface area (Å²) in [5.41, 5.74) is 3.56. The molecule has 2 atom stereocenters. The van der Waals surface area contributed by atoms with Crippen LogP contribution in [-0.2, 0) is 9.53 Å². The molecule has 1 fully saturated rings. The summed E-state index contributed by atoms with van der Waals surface area (Å²) in [6.45, 7) is 8.02. The van der Waals surface area contributed by atoms with Crippen LogP contribution in [-0.4, -0.2) is 63.2 Å². The highest BCUT2D eigenvalue weighted by atomic mass is 127. The Morgan fingerprint density at radius 3 is 2.25 bits per heavy atom. The molecule has 6 nitrogen and oxygen atoms in total. The van der Waals surface area contributed by atoms with Crippen molar-refractivity contribution in [1.82, 2.24) is 15.5 Å². The van der Waals surface area contributed by atoms with Gasteiger partial charge >= 0.3 is 0 Å². The van der Waals surface area contributed by atoms with Crippen molar-refractivity contribution < 1.29 is 9.53 Å². The number of ether oxygens (including phenoxy) is 1. The first-order valence-electron chi connectivity index (χ1n) is 11.0. The number of carbonyl (C=O) groups is 1. The lowest BCUT2D eigenvalue weighted by Crippen LogP contribution is -2.47. The summed E-state index contributed by atoms with van der Waals surface area (Å²) in [5.74, 6) is 0.909. The van der Waals surface area contributed by atoms with Crippen LogP contribution in [0.25, 0.3) is 0 Å². The van der Waals surface area contributed by atoms with Crippen LogP contribution in [0.1, 0.15) is 35.4 Å². The first kappa shape index (κ1) is 26.1. The summed E-state index contributed by atoms with van der Waals surface area (Å²) in [5, 5.41) is 6.77. The van der Waals surface area contributed by atoms with E-state index in [9.17, 15) is 4.79 Å². The molecule has 0 spiro atoms. The number of aliphatic imine (C=N–C) groups is 1. The van der Waals surface area contributed by atoms with Crippen molar-refractivity contribution in [1.29, 1.82) is 0 Å². The topological polar surface area (TPSA) is 66.0 Å². The van der Waals surface area contributed by atoms with E-state index in [0.29, 0.717) is 44.7 Å². The molecule has 0 saturated carbocycles. The number of guanidine groups is 1. The SMILES string of the molecule is CN=C(NCC(C)c1ccc(C)cc1)NCC(C(=O)N1CCOCC1)c1ccccc1.I. The van der Waals surface area contributed by atoms with Gasteiger partial charge in [-0.25, -0.2) is 0 Å². The number of rotatable bonds is 7. The van der Waals surface area contributed by atoms with Crippen LogP contribution in [0.15, 0.2) is 59.6 Å². The normalized spacial score (nSPS) is 16.0. The quantitative estimate of drug-likeness (QED) is 0.315. The van der Waals surface area contributed by atoms with E-state index < -0.39 is 0 Å². The first-order valence-corrected chi connectivity index (χ1v) is 11.0. The zero-order chi connectivity index (χ0) is 22.1. The van der Waals surface area contributed by atoms with E-state index in [4.69, 9.17) is 4.74 Å². The Hall–Kier alpha value is -2.13. The highest BCUT2D eigenvalue weighted by molar-refractivity contribution is 14.0. The third kappa shape index (κ3) is 7.48. The fourth-order valence-corrected chi connectivity index (χ4v) is 3.72. The Morgan fingerprint density at radius 1 is 1.00 bits per heavy atom. The van der Waals surface area contributed by atoms with Gasteiger partial charge in [-0.05, 0) is 24.0 Å². The van der Waals surface area contributed by atoms with Crippen LogP contribution in [0, 0.1) is 6.92 Å². The highest BCUT2D eigenvalue weighted by Crippen LogP contribution is 2.19. The second-order valence-electron chi connectivity index (χ2n) is 8.05. The minimum Gasteiger partial charge on any atom is -0.378 e. The van der Waals surface area contributed by atoms with Gasteiger partial charge in [0.25, 0.3) is 0 Å². The number of benzene rings is 2. The van der Waals surface area contributed by atoms with Crippen molar-refractivity contribution in [2.24, 2.45) is 4.99 Å². The van der Waals surface area contributed by atoms with Gasteiger partial charge in [-0.2, -0.15) is 0 Å². The van der Waals surface area contributed by atoms with Crippen LogP contribution >= 0.6 is 24.0 Å². The van der Waals surface area contributed by atoms with Crippen molar-refractivity contribution in [2.75, 3.05) is 46.4 Å². The lowest BCUT2D eigenvalue weighted by Gasteiger charge is -2.31. The van der Waals surface area contributed by atoms with Gasteiger partial charge in [0, 0.05) is 33.2 Å². The fraction of sp³-hybridized carbons (Fsp3) is 0.440. The summed E-state index contributed by atoms with van der Waals surface area (Å²) < 4.78 is 5.41. The number of hydrogen-bond acceptors (Lipinski definition) is 3. The molecule has 3 rings (SSSR count). The number of aryl methyl sites for hydroxylation is 1. The van der Waals surface area contributed by atoms with E-state index in [1.807, 2.05) is 35.2 Å². The molecule has 1 heterocycles. The number of carbonyl (C=O) groups excluding carboxylic acids is 1. The number of halogens is 1. The summed E-state index contributed by atoms with van der Waals surface area (Å²) in [6, 6.07) is 18.6. The maximum atomic E-state index is 13.2. The average molecular weight is 550 g/mol. The molecule has 2 unspecified atom stereocenters. The van der Waals surface area contributed by atoms with Gasteiger partial charge in [0.2, 0.25) is 5.91 Å². The Morgan fingerprint density at radius 2 is 1.62 bits per heavy atom. The summed E-state index contributed by atoms with van der Waals surface area (Å²) in [4.78, 5) is 19.5. The van der Waals surface area contributed by atoms with Gasteiger partial charge in [0.15, 0.2) is 5.96 Å². The van der Waals surface area contributed by atoms with Crippen LogP contribution in [0.2, 0.25) is 0 Å². The molecule has 2 N–H and O–H groups in total. The number of nitrogens with one attached hydrogen (secondary N) is 2. The van der Waals surface area contributed by atoms with Gasteiger partial charge in [-0.1, -0.05) is 67.1 Å². The van der Waals surface area contributed by atoms with E-state index >= 15 is 0 Å². The minimum atomic E-state index is -0.271. The molecule has 1 aliphatic rings. The van der Waals surface area contributed by atoms with Crippen molar-refractivity contribution in [3.05, 3.63) is 71.3 Å². The predicted molar refractivity (Wildman–Crippen MR) is 141 cm³/mol. The van der Waals surface area contributed by atoms with Gasteiger partial charge in [0.05, 0.1) is 19.1 Å². The lowest BCUT2D eigenvalue weighted by atomic mass is 9.97. The molecule has 1 amide bonds.